The van der Waals surface area contributed by atoms with Gasteiger partial charge in [-0.3, -0.25) is 4.98 Å². The fourth-order valence-corrected chi connectivity index (χ4v) is 1.91. The number of alkyl halides is 3. The van der Waals surface area contributed by atoms with Gasteiger partial charge in [-0.2, -0.15) is 18.3 Å². The summed E-state index contributed by atoms with van der Waals surface area (Å²) >= 11 is 0. The molecule has 2 amide bonds. The molecule has 1 unspecified atom stereocenters. The molecule has 1 heterocycles. The van der Waals surface area contributed by atoms with E-state index in [1.54, 1.807) is 6.07 Å². The summed E-state index contributed by atoms with van der Waals surface area (Å²) in [5, 5.41) is 7.62. The maximum absolute atomic E-state index is 13.2. The molecule has 0 saturated heterocycles. The highest BCUT2D eigenvalue weighted by Crippen LogP contribution is 2.32. The van der Waals surface area contributed by atoms with Gasteiger partial charge in [0.05, 0.1) is 6.54 Å². The van der Waals surface area contributed by atoms with Gasteiger partial charge in [0.1, 0.15) is 0 Å². The van der Waals surface area contributed by atoms with E-state index in [2.05, 4.69) is 15.2 Å². The van der Waals surface area contributed by atoms with Crippen LogP contribution in [0.4, 0.5) is 18.0 Å². The predicted octanol–water partition coefficient (Wildman–Crippen LogP) is 1.54. The van der Waals surface area contributed by atoms with Crippen LogP contribution in [0.25, 0.3) is 0 Å². The Hall–Kier alpha value is -2.78. The minimum atomic E-state index is -4.64. The number of nitrogens with one attached hydrogen (secondary N) is 3. The van der Waals surface area contributed by atoms with E-state index in [-0.39, 0.29) is 17.9 Å². The summed E-state index contributed by atoms with van der Waals surface area (Å²) < 4.78 is 39.5. The van der Waals surface area contributed by atoms with Crippen molar-refractivity contribution < 1.29 is 18.0 Å². The third-order valence-corrected chi connectivity index (χ3v) is 3.01. The minimum Gasteiger partial charge on any atom is -0.322 e. The second kappa shape index (κ2) is 6.55. The number of benzene rings is 1. The van der Waals surface area contributed by atoms with Crippen LogP contribution in [0.3, 0.4) is 0 Å². The van der Waals surface area contributed by atoms with Crippen LogP contribution in [0.1, 0.15) is 17.4 Å². The number of aromatic amines is 2. The van der Waals surface area contributed by atoms with Crippen LogP contribution in [-0.2, 0) is 6.54 Å². The lowest BCUT2D eigenvalue weighted by atomic mass is 10.1. The first kappa shape index (κ1) is 16.6. The molecular weight excluding hydrogens is 315 g/mol. The molecule has 124 valence electrons. The quantitative estimate of drug-likeness (QED) is 0.794. The molecule has 0 saturated carbocycles. The van der Waals surface area contributed by atoms with Gasteiger partial charge in [-0.25, -0.2) is 14.7 Å². The minimum absolute atomic E-state index is 0.0741. The first-order chi connectivity index (χ1) is 10.8. The third-order valence-electron chi connectivity index (χ3n) is 3.01. The molecule has 1 aromatic heterocycles. The number of halogens is 3. The summed E-state index contributed by atoms with van der Waals surface area (Å²) in [5.74, 6) is 0.135. The number of hydrogen-bond acceptors (Lipinski definition) is 3. The van der Waals surface area contributed by atoms with E-state index in [4.69, 9.17) is 0 Å². The van der Waals surface area contributed by atoms with Gasteiger partial charge in [-0.1, -0.05) is 30.3 Å². The molecule has 0 aliphatic rings. The Morgan fingerprint density at radius 1 is 1.35 bits per heavy atom. The molecule has 2 aromatic rings. The topological polar surface area (TPSA) is 93.9 Å². The molecule has 0 radical (unpaired) electrons. The fourth-order valence-electron chi connectivity index (χ4n) is 1.91. The lowest BCUT2D eigenvalue weighted by Gasteiger charge is -2.25. The maximum atomic E-state index is 13.2. The molecule has 3 N–H and O–H groups in total. The number of carbonyl (C=O) groups excluding carboxylic acids is 1. The second-order valence-corrected chi connectivity index (χ2v) is 4.82. The Morgan fingerprint density at radius 2 is 2.00 bits per heavy atom. The predicted molar refractivity (Wildman–Crippen MR) is 74.4 cm³/mol. The summed E-state index contributed by atoms with van der Waals surface area (Å²) in [6.45, 7) is -0.149. The van der Waals surface area contributed by atoms with Gasteiger partial charge in [0.2, 0.25) is 0 Å². The molecule has 0 spiro atoms. The number of carbonyl (C=O) groups is 1. The first-order valence-electron chi connectivity index (χ1n) is 6.54. The zero-order valence-corrected chi connectivity index (χ0v) is 12.0. The van der Waals surface area contributed by atoms with E-state index in [1.165, 1.54) is 31.3 Å². The van der Waals surface area contributed by atoms with Crippen molar-refractivity contribution in [3.05, 3.63) is 52.2 Å². The number of amides is 2. The van der Waals surface area contributed by atoms with Gasteiger partial charge < -0.3 is 10.2 Å². The highest BCUT2D eigenvalue weighted by atomic mass is 19.4. The highest BCUT2D eigenvalue weighted by molar-refractivity contribution is 5.74. The van der Waals surface area contributed by atoms with Crippen molar-refractivity contribution in [3.63, 3.8) is 0 Å². The number of H-pyrrole nitrogens is 2. The van der Waals surface area contributed by atoms with E-state index in [0.717, 1.165) is 4.90 Å². The Bertz CT molecular complexity index is 710. The average molecular weight is 329 g/mol. The average Bonchev–Trinajstić information content (AvgIpc) is 2.89. The number of aromatic nitrogens is 3. The van der Waals surface area contributed by atoms with Gasteiger partial charge in [-0.15, -0.1) is 0 Å². The third kappa shape index (κ3) is 4.34. The van der Waals surface area contributed by atoms with E-state index < -0.39 is 23.9 Å². The molecule has 2 rings (SSSR count). The Morgan fingerprint density at radius 3 is 2.52 bits per heavy atom. The van der Waals surface area contributed by atoms with Crippen LogP contribution >= 0.6 is 0 Å². The zero-order valence-electron chi connectivity index (χ0n) is 12.0. The molecule has 0 fully saturated rings. The van der Waals surface area contributed by atoms with Crippen molar-refractivity contribution in [2.75, 3.05) is 7.05 Å². The van der Waals surface area contributed by atoms with Gasteiger partial charge in [0.25, 0.3) is 0 Å². The van der Waals surface area contributed by atoms with E-state index >= 15 is 0 Å². The van der Waals surface area contributed by atoms with Gasteiger partial charge >= 0.3 is 17.9 Å². The van der Waals surface area contributed by atoms with Gasteiger partial charge in [0, 0.05) is 7.05 Å². The van der Waals surface area contributed by atoms with Crippen LogP contribution in [0, 0.1) is 0 Å². The van der Waals surface area contributed by atoms with Crippen molar-refractivity contribution in [2.24, 2.45) is 0 Å². The molecule has 0 aliphatic heterocycles. The highest BCUT2D eigenvalue weighted by Gasteiger charge is 2.42. The van der Waals surface area contributed by atoms with Crippen LogP contribution in [0.2, 0.25) is 0 Å². The molecule has 1 aromatic carbocycles. The lowest BCUT2D eigenvalue weighted by Crippen LogP contribution is -2.44. The molecule has 1 atom stereocenters. The summed E-state index contributed by atoms with van der Waals surface area (Å²) in [7, 11) is 1.29. The summed E-state index contributed by atoms with van der Waals surface area (Å²) in [5.41, 5.74) is -0.638. The van der Waals surface area contributed by atoms with Crippen molar-refractivity contribution >= 4 is 6.03 Å². The van der Waals surface area contributed by atoms with E-state index in [0.29, 0.717) is 0 Å². The summed E-state index contributed by atoms with van der Waals surface area (Å²) in [6.07, 6.45) is -4.64. The maximum Gasteiger partial charge on any atom is 0.412 e. The van der Waals surface area contributed by atoms with Gasteiger partial charge in [-0.05, 0) is 5.56 Å². The number of rotatable bonds is 4. The van der Waals surface area contributed by atoms with Crippen LogP contribution in [-0.4, -0.2) is 39.3 Å². The Kier molecular flexibility index (Phi) is 4.72. The smallest absolute Gasteiger partial charge is 0.322 e. The molecule has 23 heavy (non-hydrogen) atoms. The molecule has 7 nitrogen and oxygen atoms in total. The number of urea groups is 1. The van der Waals surface area contributed by atoms with Crippen molar-refractivity contribution in [3.8, 4) is 0 Å². The van der Waals surface area contributed by atoms with Crippen molar-refractivity contribution in [1.29, 1.82) is 0 Å². The standard InChI is InChI=1S/C13H14F3N5O2/c1-21(7-9-17-11(22)20-19-9)12(23)18-10(13(14,15)16)8-5-3-2-4-6-8/h2-6,10H,7H2,1H3,(H,18,23)(H2,17,19,20,22). The molecule has 10 heteroatoms. The zero-order chi connectivity index (χ0) is 17.0. The fraction of sp³-hybridized carbons (Fsp3) is 0.308. The largest absolute Gasteiger partial charge is 0.412 e. The summed E-state index contributed by atoms with van der Waals surface area (Å²) in [4.78, 5) is 26.2. The SMILES string of the molecule is CN(Cc1n[nH]c(=O)[nH]1)C(=O)NC(c1ccccc1)C(F)(F)F. The number of hydrogen-bond donors (Lipinski definition) is 3. The van der Waals surface area contributed by atoms with E-state index in [1.807, 2.05) is 5.32 Å². The van der Waals surface area contributed by atoms with Gasteiger partial charge in [0.15, 0.2) is 11.9 Å². The lowest BCUT2D eigenvalue weighted by molar-refractivity contribution is -0.155. The molecular formula is C13H14F3N5O2. The van der Waals surface area contributed by atoms with E-state index in [9.17, 15) is 22.8 Å². The van der Waals surface area contributed by atoms with Crippen molar-refractivity contribution in [1.82, 2.24) is 25.4 Å². The Balaban J connectivity index is 2.10. The van der Waals surface area contributed by atoms with Crippen molar-refractivity contribution in [2.45, 2.75) is 18.8 Å². The van der Waals surface area contributed by atoms with Crippen LogP contribution < -0.4 is 11.0 Å². The molecule has 0 bridgehead atoms. The second-order valence-electron chi connectivity index (χ2n) is 4.82. The normalized spacial score (nSPS) is 12.7. The summed E-state index contributed by atoms with van der Waals surface area (Å²) in [6, 6.07) is 3.99. The van der Waals surface area contributed by atoms with Crippen LogP contribution in [0.15, 0.2) is 35.1 Å². The number of nitrogens with zero attached hydrogens (tertiary/aromatic N) is 2. The monoisotopic (exact) mass is 329 g/mol. The Labute approximate surface area is 128 Å². The molecule has 0 aliphatic carbocycles. The van der Waals surface area contributed by atoms with Crippen LogP contribution in [0.5, 0.6) is 0 Å². The first-order valence-corrected chi connectivity index (χ1v) is 6.54.